The number of amides is 1. The van der Waals surface area contributed by atoms with Crippen molar-refractivity contribution < 1.29 is 14.3 Å². The smallest absolute Gasteiger partial charge is 0.252 e. The highest BCUT2D eigenvalue weighted by Gasteiger charge is 2.11. The normalized spacial score (nSPS) is 12.0. The zero-order valence-corrected chi connectivity index (χ0v) is 12.2. The molecule has 4 nitrogen and oxygen atoms in total. The largest absolute Gasteiger partial charge is 0.387 e. The van der Waals surface area contributed by atoms with E-state index in [-0.39, 0.29) is 18.3 Å². The van der Waals surface area contributed by atoms with Gasteiger partial charge in [0.05, 0.1) is 16.7 Å². The molecule has 0 bridgehead atoms. The Labute approximate surface area is 126 Å². The molecule has 0 aliphatic heterocycles. The van der Waals surface area contributed by atoms with E-state index in [4.69, 9.17) is 0 Å². The highest BCUT2D eigenvalue weighted by molar-refractivity contribution is 7.98. The number of nitrogens with zero attached hydrogens (tertiary/aromatic N) is 1. The van der Waals surface area contributed by atoms with Crippen LogP contribution < -0.4 is 5.32 Å². The lowest BCUT2D eigenvalue weighted by Gasteiger charge is -2.12. The van der Waals surface area contributed by atoms with E-state index in [0.717, 1.165) is 5.03 Å². The minimum absolute atomic E-state index is 0.0503. The van der Waals surface area contributed by atoms with Gasteiger partial charge in [0.1, 0.15) is 5.82 Å². The molecule has 0 aliphatic rings. The number of halogens is 1. The van der Waals surface area contributed by atoms with E-state index in [1.54, 1.807) is 12.1 Å². The molecule has 0 saturated carbocycles. The first-order chi connectivity index (χ1) is 10.1. The molecule has 0 aliphatic carbocycles. The summed E-state index contributed by atoms with van der Waals surface area (Å²) in [5, 5.41) is 13.4. The molecule has 0 spiro atoms. The van der Waals surface area contributed by atoms with E-state index >= 15 is 0 Å². The van der Waals surface area contributed by atoms with Gasteiger partial charge in [-0.1, -0.05) is 12.1 Å². The molecule has 110 valence electrons. The van der Waals surface area contributed by atoms with Gasteiger partial charge in [-0.25, -0.2) is 9.37 Å². The van der Waals surface area contributed by atoms with Gasteiger partial charge in [0.2, 0.25) is 0 Å². The fourth-order valence-electron chi connectivity index (χ4n) is 1.73. The lowest BCUT2D eigenvalue weighted by atomic mass is 10.1. The minimum atomic E-state index is -0.882. The molecular formula is C15H15FN2O2S. The molecule has 1 heterocycles. The summed E-state index contributed by atoms with van der Waals surface area (Å²) in [5.74, 6) is -0.675. The number of benzene rings is 1. The zero-order chi connectivity index (χ0) is 15.2. The van der Waals surface area contributed by atoms with Gasteiger partial charge in [-0.05, 0) is 36.1 Å². The molecule has 21 heavy (non-hydrogen) atoms. The van der Waals surface area contributed by atoms with Crippen molar-refractivity contribution in [1.82, 2.24) is 10.3 Å². The Morgan fingerprint density at radius 2 is 2.05 bits per heavy atom. The number of hydrogen-bond acceptors (Lipinski definition) is 4. The van der Waals surface area contributed by atoms with Crippen LogP contribution in [0.4, 0.5) is 4.39 Å². The van der Waals surface area contributed by atoms with Crippen molar-refractivity contribution in [3.05, 3.63) is 59.5 Å². The predicted octanol–water partition coefficient (Wildman–Crippen LogP) is 2.41. The highest BCUT2D eigenvalue weighted by atomic mass is 32.2. The topological polar surface area (TPSA) is 62.2 Å². The summed E-state index contributed by atoms with van der Waals surface area (Å²) < 4.78 is 12.8. The van der Waals surface area contributed by atoms with E-state index in [1.165, 1.54) is 42.2 Å². The Balaban J connectivity index is 1.92. The highest BCUT2D eigenvalue weighted by Crippen LogP contribution is 2.13. The molecule has 0 fully saturated rings. The number of rotatable bonds is 5. The van der Waals surface area contributed by atoms with Crippen LogP contribution in [-0.4, -0.2) is 28.8 Å². The zero-order valence-electron chi connectivity index (χ0n) is 11.4. The van der Waals surface area contributed by atoms with Gasteiger partial charge in [-0.15, -0.1) is 11.8 Å². The van der Waals surface area contributed by atoms with Crippen LogP contribution in [0.25, 0.3) is 0 Å². The average Bonchev–Trinajstić information content (AvgIpc) is 2.53. The summed E-state index contributed by atoms with van der Waals surface area (Å²) in [5.41, 5.74) is 0.978. The molecule has 1 atom stereocenters. The lowest BCUT2D eigenvalue weighted by Crippen LogP contribution is -2.28. The van der Waals surface area contributed by atoms with Gasteiger partial charge in [0, 0.05) is 12.7 Å². The minimum Gasteiger partial charge on any atom is -0.387 e. The van der Waals surface area contributed by atoms with Crippen LogP contribution in [0.3, 0.4) is 0 Å². The van der Waals surface area contributed by atoms with Gasteiger partial charge in [0.25, 0.3) is 5.91 Å². The van der Waals surface area contributed by atoms with Crippen LogP contribution in [0.2, 0.25) is 0 Å². The van der Waals surface area contributed by atoms with E-state index in [1.807, 2.05) is 6.26 Å². The molecule has 2 aromatic rings. The number of carbonyl (C=O) groups excluding carboxylic acids is 1. The number of pyridine rings is 1. The maximum Gasteiger partial charge on any atom is 0.252 e. The summed E-state index contributed by atoms with van der Waals surface area (Å²) in [6.07, 6.45) is 2.51. The van der Waals surface area contributed by atoms with Crippen LogP contribution in [0.5, 0.6) is 0 Å². The summed E-state index contributed by atoms with van der Waals surface area (Å²) in [7, 11) is 0. The SMILES string of the molecule is CSc1ccc(C(=O)NCC(O)c2ccc(F)cc2)cn1. The predicted molar refractivity (Wildman–Crippen MR) is 79.7 cm³/mol. The monoisotopic (exact) mass is 306 g/mol. The summed E-state index contributed by atoms with van der Waals surface area (Å²) in [6.45, 7) is 0.0503. The fraction of sp³-hybridized carbons (Fsp3) is 0.200. The van der Waals surface area contributed by atoms with E-state index in [9.17, 15) is 14.3 Å². The number of aliphatic hydroxyl groups is 1. The Hall–Kier alpha value is -1.92. The number of aliphatic hydroxyl groups excluding tert-OH is 1. The molecule has 0 radical (unpaired) electrons. The van der Waals surface area contributed by atoms with Gasteiger partial charge >= 0.3 is 0 Å². The molecular weight excluding hydrogens is 291 g/mol. The van der Waals surface area contributed by atoms with Crippen LogP contribution in [0.1, 0.15) is 22.0 Å². The Kier molecular flexibility index (Phi) is 5.30. The van der Waals surface area contributed by atoms with Crippen LogP contribution >= 0.6 is 11.8 Å². The van der Waals surface area contributed by atoms with Crippen LogP contribution in [-0.2, 0) is 0 Å². The Bertz CT molecular complexity index is 602. The van der Waals surface area contributed by atoms with Crippen molar-refractivity contribution in [2.45, 2.75) is 11.1 Å². The number of nitrogens with one attached hydrogen (secondary N) is 1. The fourth-order valence-corrected chi connectivity index (χ4v) is 2.09. The number of carbonyl (C=O) groups is 1. The average molecular weight is 306 g/mol. The van der Waals surface area contributed by atoms with E-state index in [0.29, 0.717) is 11.1 Å². The maximum atomic E-state index is 12.8. The van der Waals surface area contributed by atoms with Gasteiger partial charge < -0.3 is 10.4 Å². The van der Waals surface area contributed by atoms with Gasteiger partial charge in [-0.3, -0.25) is 4.79 Å². The van der Waals surface area contributed by atoms with E-state index < -0.39 is 6.10 Å². The standard InChI is InChI=1S/C15H15FN2O2S/c1-21-14-7-4-11(8-17-14)15(20)18-9-13(19)10-2-5-12(16)6-3-10/h2-8,13,19H,9H2,1H3,(H,18,20). The van der Waals surface area contributed by atoms with Crippen molar-refractivity contribution in [3.8, 4) is 0 Å². The molecule has 2 N–H and O–H groups in total. The second kappa shape index (κ2) is 7.19. The van der Waals surface area contributed by atoms with Gasteiger partial charge in [-0.2, -0.15) is 0 Å². The van der Waals surface area contributed by atoms with Crippen molar-refractivity contribution in [1.29, 1.82) is 0 Å². The Morgan fingerprint density at radius 1 is 1.33 bits per heavy atom. The van der Waals surface area contributed by atoms with Crippen molar-refractivity contribution in [3.63, 3.8) is 0 Å². The quantitative estimate of drug-likeness (QED) is 0.833. The number of aromatic nitrogens is 1. The molecule has 1 aromatic heterocycles. The first-order valence-corrected chi connectivity index (χ1v) is 7.54. The number of hydrogen-bond donors (Lipinski definition) is 2. The first-order valence-electron chi connectivity index (χ1n) is 6.32. The van der Waals surface area contributed by atoms with Crippen molar-refractivity contribution >= 4 is 17.7 Å². The lowest BCUT2D eigenvalue weighted by molar-refractivity contribution is 0.0916. The molecule has 0 saturated heterocycles. The number of thioether (sulfide) groups is 1. The molecule has 1 unspecified atom stereocenters. The molecule has 1 aromatic carbocycles. The molecule has 2 rings (SSSR count). The van der Waals surface area contributed by atoms with Crippen LogP contribution in [0, 0.1) is 5.82 Å². The molecule has 1 amide bonds. The third-order valence-electron chi connectivity index (χ3n) is 2.92. The summed E-state index contributed by atoms with van der Waals surface area (Å²) >= 11 is 1.49. The van der Waals surface area contributed by atoms with Crippen molar-refractivity contribution in [2.75, 3.05) is 12.8 Å². The maximum absolute atomic E-state index is 12.8. The second-order valence-corrected chi connectivity index (χ2v) is 5.19. The third kappa shape index (κ3) is 4.27. The first kappa shape index (κ1) is 15.5. The third-order valence-corrected chi connectivity index (χ3v) is 3.58. The summed E-state index contributed by atoms with van der Waals surface area (Å²) in [4.78, 5) is 16.0. The van der Waals surface area contributed by atoms with Crippen LogP contribution in [0.15, 0.2) is 47.6 Å². The van der Waals surface area contributed by atoms with E-state index in [2.05, 4.69) is 10.3 Å². The summed E-state index contributed by atoms with van der Waals surface area (Å²) in [6, 6.07) is 8.95. The van der Waals surface area contributed by atoms with Crippen molar-refractivity contribution in [2.24, 2.45) is 0 Å². The molecule has 6 heteroatoms. The Morgan fingerprint density at radius 3 is 2.62 bits per heavy atom. The van der Waals surface area contributed by atoms with Gasteiger partial charge in [0.15, 0.2) is 0 Å². The second-order valence-electron chi connectivity index (χ2n) is 4.37.